The summed E-state index contributed by atoms with van der Waals surface area (Å²) in [5, 5.41) is 6.95. The van der Waals surface area contributed by atoms with Gasteiger partial charge in [0, 0.05) is 5.56 Å². The molecule has 3 unspecified atom stereocenters. The van der Waals surface area contributed by atoms with Gasteiger partial charge in [-0.25, -0.2) is 11.6 Å². The SMILES string of the molecule is [C-]#[N+]C1C(CC)=Nc2[nH]ncc2C1C1=CC=CCC1Cl. The molecule has 1 N–H and O–H groups in total. The maximum absolute atomic E-state index is 7.57. The van der Waals surface area contributed by atoms with Gasteiger partial charge in [-0.2, -0.15) is 5.10 Å². The van der Waals surface area contributed by atoms with E-state index in [1.807, 2.05) is 19.1 Å². The largest absolute Gasteiger partial charge is 0.306 e. The van der Waals surface area contributed by atoms with Gasteiger partial charge in [-0.15, -0.1) is 11.6 Å². The smallest absolute Gasteiger partial charge is 0.272 e. The molecule has 0 fully saturated rings. The first-order valence-corrected chi connectivity index (χ1v) is 7.17. The van der Waals surface area contributed by atoms with Gasteiger partial charge in [-0.05, 0) is 18.4 Å². The molecule has 5 heteroatoms. The lowest BCUT2D eigenvalue weighted by Gasteiger charge is -2.28. The predicted molar refractivity (Wildman–Crippen MR) is 80.6 cm³/mol. The molecule has 2 heterocycles. The minimum Gasteiger partial charge on any atom is -0.306 e. The van der Waals surface area contributed by atoms with Crippen molar-refractivity contribution >= 4 is 23.1 Å². The van der Waals surface area contributed by atoms with Crippen LogP contribution in [0.1, 0.15) is 31.2 Å². The van der Waals surface area contributed by atoms with Crippen LogP contribution >= 0.6 is 11.6 Å². The number of aromatic amines is 1. The molecule has 1 aromatic rings. The van der Waals surface area contributed by atoms with Crippen LogP contribution in [0, 0.1) is 6.57 Å². The number of H-pyrrole nitrogens is 1. The molecule has 3 atom stereocenters. The number of rotatable bonds is 2. The van der Waals surface area contributed by atoms with Gasteiger partial charge in [0.25, 0.3) is 6.04 Å². The van der Waals surface area contributed by atoms with E-state index in [1.165, 1.54) is 0 Å². The van der Waals surface area contributed by atoms with Gasteiger partial charge in [0.05, 0.1) is 17.5 Å². The summed E-state index contributed by atoms with van der Waals surface area (Å²) in [7, 11) is 0. The van der Waals surface area contributed by atoms with Crippen molar-refractivity contribution in [3.05, 3.63) is 47.0 Å². The monoisotopic (exact) mass is 286 g/mol. The molecule has 3 rings (SSSR count). The average molecular weight is 287 g/mol. The molecule has 0 saturated heterocycles. The van der Waals surface area contributed by atoms with Gasteiger partial charge < -0.3 is 4.85 Å². The second-order valence-electron chi connectivity index (χ2n) is 4.98. The molecular formula is C15H15ClN4. The number of halogens is 1. The van der Waals surface area contributed by atoms with E-state index in [0.29, 0.717) is 0 Å². The summed E-state index contributed by atoms with van der Waals surface area (Å²) in [4.78, 5) is 8.37. The number of nitrogens with one attached hydrogen (secondary N) is 1. The van der Waals surface area contributed by atoms with E-state index < -0.39 is 0 Å². The van der Waals surface area contributed by atoms with E-state index in [-0.39, 0.29) is 17.3 Å². The van der Waals surface area contributed by atoms with Crippen LogP contribution in [0.25, 0.3) is 4.85 Å². The quantitative estimate of drug-likeness (QED) is 0.653. The summed E-state index contributed by atoms with van der Waals surface area (Å²) < 4.78 is 0. The summed E-state index contributed by atoms with van der Waals surface area (Å²) in [6.07, 6.45) is 9.46. The van der Waals surface area contributed by atoms with Crippen molar-refractivity contribution in [3.63, 3.8) is 0 Å². The van der Waals surface area contributed by atoms with E-state index in [9.17, 15) is 0 Å². The second kappa shape index (κ2) is 5.26. The van der Waals surface area contributed by atoms with E-state index in [0.717, 1.165) is 35.5 Å². The number of fused-ring (bicyclic) bond motifs is 1. The maximum Gasteiger partial charge on any atom is 0.272 e. The highest BCUT2D eigenvalue weighted by Gasteiger charge is 2.42. The Kier molecular flexibility index (Phi) is 3.45. The Hall–Kier alpha value is -1.86. The van der Waals surface area contributed by atoms with Gasteiger partial charge >= 0.3 is 0 Å². The average Bonchev–Trinajstić information content (AvgIpc) is 2.94. The highest BCUT2D eigenvalue weighted by atomic mass is 35.5. The van der Waals surface area contributed by atoms with Crippen molar-refractivity contribution in [1.82, 2.24) is 10.2 Å². The molecule has 20 heavy (non-hydrogen) atoms. The first kappa shape index (κ1) is 13.1. The Bertz CT molecular complexity index is 647. The van der Waals surface area contributed by atoms with Crippen molar-refractivity contribution in [3.8, 4) is 0 Å². The number of nitrogens with zero attached hydrogens (tertiary/aromatic N) is 3. The third kappa shape index (κ3) is 1.99. The molecule has 102 valence electrons. The zero-order valence-electron chi connectivity index (χ0n) is 11.2. The zero-order chi connectivity index (χ0) is 14.1. The number of allylic oxidation sites excluding steroid dienone is 3. The normalized spacial score (nSPS) is 28.4. The Morgan fingerprint density at radius 1 is 1.55 bits per heavy atom. The number of hydrogen-bond donors (Lipinski definition) is 1. The molecule has 0 amide bonds. The van der Waals surface area contributed by atoms with Crippen molar-refractivity contribution in [2.75, 3.05) is 0 Å². The molecule has 1 aliphatic heterocycles. The van der Waals surface area contributed by atoms with Gasteiger partial charge in [0.2, 0.25) is 0 Å². The Morgan fingerprint density at radius 2 is 2.40 bits per heavy atom. The van der Waals surface area contributed by atoms with E-state index in [4.69, 9.17) is 18.2 Å². The fraction of sp³-hybridized carbons (Fsp3) is 0.400. The predicted octanol–water partition coefficient (Wildman–Crippen LogP) is 3.77. The van der Waals surface area contributed by atoms with Gasteiger partial charge in [-0.1, -0.05) is 25.2 Å². The second-order valence-corrected chi connectivity index (χ2v) is 5.51. The fourth-order valence-corrected chi connectivity index (χ4v) is 3.20. The minimum atomic E-state index is -0.274. The zero-order valence-corrected chi connectivity index (χ0v) is 11.9. The van der Waals surface area contributed by atoms with Crippen LogP contribution in [0.4, 0.5) is 5.82 Å². The van der Waals surface area contributed by atoms with E-state index in [1.54, 1.807) is 6.20 Å². The molecule has 4 nitrogen and oxygen atoms in total. The highest BCUT2D eigenvalue weighted by molar-refractivity contribution is 6.22. The van der Waals surface area contributed by atoms with E-state index in [2.05, 4.69) is 26.1 Å². The van der Waals surface area contributed by atoms with Gasteiger partial charge in [0.15, 0.2) is 5.82 Å². The summed E-state index contributed by atoms with van der Waals surface area (Å²) in [6.45, 7) is 9.60. The van der Waals surface area contributed by atoms with Crippen LogP contribution in [0.5, 0.6) is 0 Å². The number of alkyl halides is 1. The van der Waals surface area contributed by atoms with Crippen molar-refractivity contribution in [2.24, 2.45) is 4.99 Å². The van der Waals surface area contributed by atoms with Gasteiger partial charge in [0.1, 0.15) is 5.71 Å². The summed E-state index contributed by atoms with van der Waals surface area (Å²) in [5.74, 6) is 0.729. The van der Waals surface area contributed by atoms with E-state index >= 15 is 0 Å². The standard InChI is InChI=1S/C15H15ClN4/c1-3-12-14(17-2)13(9-6-4-5-7-11(9)16)10-8-18-20-15(10)19-12/h4-6,8,11,13-14H,3,7H2,1H3,(H,18,20). The Labute approximate surface area is 123 Å². The van der Waals surface area contributed by atoms with Crippen molar-refractivity contribution in [1.29, 1.82) is 0 Å². The van der Waals surface area contributed by atoms with Crippen molar-refractivity contribution in [2.45, 2.75) is 37.1 Å². The molecular weight excluding hydrogens is 272 g/mol. The molecule has 1 aliphatic carbocycles. The summed E-state index contributed by atoms with van der Waals surface area (Å²) in [6, 6.07) is -0.274. The lowest BCUT2D eigenvalue weighted by Crippen LogP contribution is -2.31. The molecule has 0 aromatic carbocycles. The third-order valence-electron chi connectivity index (χ3n) is 3.89. The van der Waals surface area contributed by atoms with Gasteiger partial charge in [-0.3, -0.25) is 5.10 Å². The van der Waals surface area contributed by atoms with Crippen LogP contribution < -0.4 is 0 Å². The van der Waals surface area contributed by atoms with Crippen LogP contribution in [0.2, 0.25) is 0 Å². The summed E-state index contributed by atoms with van der Waals surface area (Å²) >= 11 is 6.47. The Morgan fingerprint density at radius 3 is 3.10 bits per heavy atom. The third-order valence-corrected chi connectivity index (χ3v) is 4.32. The fourth-order valence-electron chi connectivity index (χ4n) is 2.89. The van der Waals surface area contributed by atoms with Crippen molar-refractivity contribution < 1.29 is 0 Å². The maximum atomic E-state index is 7.57. The summed E-state index contributed by atoms with van der Waals surface area (Å²) in [5.41, 5.74) is 2.98. The number of hydrogen-bond acceptors (Lipinski definition) is 2. The first-order chi connectivity index (χ1) is 9.76. The minimum absolute atomic E-state index is 0.0406. The lowest BCUT2D eigenvalue weighted by molar-refractivity contribution is 0.720. The Balaban J connectivity index is 2.13. The molecule has 0 saturated carbocycles. The number of aliphatic imine (C=N–C) groups is 1. The lowest BCUT2D eigenvalue weighted by atomic mass is 9.78. The molecule has 0 spiro atoms. The topological polar surface area (TPSA) is 45.4 Å². The molecule has 2 aliphatic rings. The molecule has 0 bridgehead atoms. The first-order valence-electron chi connectivity index (χ1n) is 6.74. The van der Waals surface area contributed by atoms with Crippen LogP contribution in [0.15, 0.2) is 35.0 Å². The number of aromatic nitrogens is 2. The van der Waals surface area contributed by atoms with Crippen LogP contribution in [-0.4, -0.2) is 27.3 Å². The van der Waals surface area contributed by atoms with Crippen LogP contribution in [-0.2, 0) is 0 Å². The molecule has 1 aromatic heterocycles. The van der Waals surface area contributed by atoms with Crippen LogP contribution in [0.3, 0.4) is 0 Å². The molecule has 0 radical (unpaired) electrons. The highest BCUT2D eigenvalue weighted by Crippen LogP contribution is 2.43.